The highest BCUT2D eigenvalue weighted by molar-refractivity contribution is 7.34. The number of benzene rings is 4. The lowest BCUT2D eigenvalue weighted by atomic mass is 10.1. The fourth-order valence-electron chi connectivity index (χ4n) is 6.16. The molecular formula is C38H16F4S6. The van der Waals surface area contributed by atoms with Gasteiger partial charge in [-0.25, -0.2) is 17.6 Å². The minimum atomic E-state index is -0.568. The van der Waals surface area contributed by atoms with Gasteiger partial charge in [0.05, 0.1) is 0 Å². The van der Waals surface area contributed by atoms with E-state index in [0.29, 0.717) is 11.1 Å². The second-order valence-electron chi connectivity index (χ2n) is 11.6. The van der Waals surface area contributed by atoms with Gasteiger partial charge >= 0.3 is 0 Å². The molecule has 0 nitrogen and oxygen atoms in total. The van der Waals surface area contributed by atoms with Crippen LogP contribution in [0.2, 0.25) is 0 Å². The Morgan fingerprint density at radius 3 is 0.958 bits per heavy atom. The highest BCUT2D eigenvalue weighted by Crippen LogP contribution is 2.47. The first-order valence-corrected chi connectivity index (χ1v) is 19.6. The van der Waals surface area contributed by atoms with Gasteiger partial charge in [0.25, 0.3) is 0 Å². The van der Waals surface area contributed by atoms with Gasteiger partial charge < -0.3 is 0 Å². The van der Waals surface area contributed by atoms with Crippen LogP contribution < -0.4 is 0 Å². The van der Waals surface area contributed by atoms with Gasteiger partial charge in [-0.15, -0.1) is 68.0 Å². The van der Waals surface area contributed by atoms with Crippen molar-refractivity contribution in [2.75, 3.05) is 0 Å². The molecule has 48 heavy (non-hydrogen) atoms. The van der Waals surface area contributed by atoms with Gasteiger partial charge in [0.2, 0.25) is 0 Å². The summed E-state index contributed by atoms with van der Waals surface area (Å²) < 4.78 is 62.1. The number of hydrogen-bond donors (Lipinski definition) is 0. The molecule has 0 saturated carbocycles. The lowest BCUT2D eigenvalue weighted by Gasteiger charge is -1.99. The molecule has 10 aromatic rings. The molecule has 0 unspecified atom stereocenters. The average Bonchev–Trinajstić information content (AvgIpc) is 3.86. The zero-order valence-electron chi connectivity index (χ0n) is 24.2. The molecule has 6 heterocycles. The summed E-state index contributed by atoms with van der Waals surface area (Å²) in [5.41, 5.74) is 1.13. The number of rotatable bonds is 4. The van der Waals surface area contributed by atoms with Crippen molar-refractivity contribution in [3.63, 3.8) is 0 Å². The third-order valence-electron chi connectivity index (χ3n) is 8.30. The smallest absolute Gasteiger partial charge is 0.126 e. The lowest BCUT2D eigenvalue weighted by Crippen LogP contribution is -1.81. The minimum absolute atomic E-state index is 0.563. The summed E-state index contributed by atoms with van der Waals surface area (Å²) in [7, 11) is 0. The van der Waals surface area contributed by atoms with E-state index in [2.05, 4.69) is 48.5 Å². The second kappa shape index (κ2) is 10.8. The Balaban J connectivity index is 0.961. The van der Waals surface area contributed by atoms with Crippen molar-refractivity contribution in [1.82, 2.24) is 0 Å². The van der Waals surface area contributed by atoms with E-state index >= 15 is 0 Å². The van der Waals surface area contributed by atoms with Gasteiger partial charge in [-0.05, 0) is 118 Å². The van der Waals surface area contributed by atoms with Gasteiger partial charge in [-0.1, -0.05) is 0 Å². The standard InChI is InChI=1S/C38H16F4S6/c39-23-3-21(4-24(40)11-23)29-13-33-37(45-29)15-35(47-33)31-9-19-1-17-7-28-20(2-18(17)8-27(19)43-31)10-32(44-28)36-16-38-34(48-36)14-30(46-38)22-5-25(41)12-26(42)6-22/h1-16H. The summed E-state index contributed by atoms with van der Waals surface area (Å²) in [6.07, 6.45) is 0. The van der Waals surface area contributed by atoms with Crippen LogP contribution in [-0.4, -0.2) is 0 Å². The normalized spacial score (nSPS) is 12.2. The maximum atomic E-state index is 13.8. The van der Waals surface area contributed by atoms with Crippen molar-refractivity contribution < 1.29 is 17.6 Å². The predicted octanol–water partition coefficient (Wildman–Crippen LogP) is 15.0. The zero-order valence-corrected chi connectivity index (χ0v) is 29.1. The molecule has 0 bridgehead atoms. The molecule has 232 valence electrons. The van der Waals surface area contributed by atoms with Crippen LogP contribution in [0.25, 0.3) is 90.1 Å². The van der Waals surface area contributed by atoms with Gasteiger partial charge in [0.1, 0.15) is 23.3 Å². The van der Waals surface area contributed by atoms with E-state index in [1.807, 2.05) is 12.1 Å². The molecule has 0 fully saturated rings. The summed E-state index contributed by atoms with van der Waals surface area (Å²) in [4.78, 5) is 6.52. The van der Waals surface area contributed by atoms with Crippen molar-refractivity contribution in [3.05, 3.63) is 120 Å². The summed E-state index contributed by atoms with van der Waals surface area (Å²) >= 11 is 10.1. The molecule has 10 rings (SSSR count). The zero-order chi connectivity index (χ0) is 32.3. The van der Waals surface area contributed by atoms with Gasteiger partial charge in [0, 0.05) is 69.6 Å². The Bertz CT molecular complexity index is 2540. The van der Waals surface area contributed by atoms with Crippen LogP contribution >= 0.6 is 68.0 Å². The van der Waals surface area contributed by atoms with Crippen LogP contribution in [0.1, 0.15) is 0 Å². The number of halogens is 4. The van der Waals surface area contributed by atoms with E-state index < -0.39 is 23.3 Å². The summed E-state index contributed by atoms with van der Waals surface area (Å²) in [6, 6.07) is 29.3. The van der Waals surface area contributed by atoms with E-state index in [1.165, 1.54) is 74.7 Å². The van der Waals surface area contributed by atoms with Crippen molar-refractivity contribution in [1.29, 1.82) is 0 Å². The first-order valence-electron chi connectivity index (χ1n) is 14.7. The molecule has 4 aromatic carbocycles. The topological polar surface area (TPSA) is 0 Å². The largest absolute Gasteiger partial charge is 0.207 e. The van der Waals surface area contributed by atoms with E-state index in [9.17, 15) is 17.6 Å². The quantitative estimate of drug-likeness (QED) is 0.158. The molecule has 0 spiro atoms. The molecule has 0 aliphatic heterocycles. The van der Waals surface area contributed by atoms with Gasteiger partial charge in [-0.2, -0.15) is 0 Å². The van der Waals surface area contributed by atoms with Crippen molar-refractivity contribution in [3.8, 4) is 40.4 Å². The summed E-state index contributed by atoms with van der Waals surface area (Å²) in [5.74, 6) is -2.27. The number of thiophene rings is 6. The average molecular weight is 741 g/mol. The Hall–Kier alpha value is -3.90. The van der Waals surface area contributed by atoms with E-state index in [1.54, 1.807) is 68.0 Å². The first-order chi connectivity index (χ1) is 23.3. The molecule has 0 saturated heterocycles. The molecule has 0 N–H and O–H groups in total. The highest BCUT2D eigenvalue weighted by atomic mass is 32.1. The van der Waals surface area contributed by atoms with Crippen LogP contribution in [0.5, 0.6) is 0 Å². The van der Waals surface area contributed by atoms with Crippen LogP contribution in [0.4, 0.5) is 17.6 Å². The molecule has 0 amide bonds. The lowest BCUT2D eigenvalue weighted by molar-refractivity contribution is 0.583. The van der Waals surface area contributed by atoms with E-state index in [-0.39, 0.29) is 0 Å². The number of fused-ring (bicyclic) bond motifs is 5. The monoisotopic (exact) mass is 740 g/mol. The molecule has 0 radical (unpaired) electrons. The van der Waals surface area contributed by atoms with E-state index in [4.69, 9.17) is 0 Å². The Kier molecular flexibility index (Phi) is 6.54. The van der Waals surface area contributed by atoms with E-state index in [0.717, 1.165) is 40.7 Å². The fraction of sp³-hybridized carbons (Fsp3) is 0. The SMILES string of the molecule is Fc1cc(F)cc(-c2cc3sc(-c4cc5cc6cc7sc(-c8cc9sc(-c%10cc(F)cc(F)c%10)cc9s8)cc7cc6cc5s4)cc3s2)c1. The third-order valence-corrected chi connectivity index (χ3v) is 15.6. The van der Waals surface area contributed by atoms with Crippen LogP contribution in [0.15, 0.2) is 97.1 Å². The first kappa shape index (κ1) is 29.1. The van der Waals surface area contributed by atoms with Gasteiger partial charge in [0.15, 0.2) is 0 Å². The van der Waals surface area contributed by atoms with Gasteiger partial charge in [-0.3, -0.25) is 0 Å². The molecule has 0 aliphatic carbocycles. The minimum Gasteiger partial charge on any atom is -0.207 e. The maximum Gasteiger partial charge on any atom is 0.126 e. The number of hydrogen-bond acceptors (Lipinski definition) is 6. The molecule has 0 aliphatic rings. The van der Waals surface area contributed by atoms with Crippen LogP contribution in [0.3, 0.4) is 0 Å². The van der Waals surface area contributed by atoms with Crippen LogP contribution in [-0.2, 0) is 0 Å². The molecular weight excluding hydrogens is 725 g/mol. The molecule has 6 aromatic heterocycles. The maximum absolute atomic E-state index is 13.8. The van der Waals surface area contributed by atoms with Crippen molar-refractivity contribution >= 4 is 118 Å². The second-order valence-corrected chi connectivity index (χ2v) is 18.1. The fourth-order valence-corrected chi connectivity index (χ4v) is 13.3. The third kappa shape index (κ3) is 4.93. The van der Waals surface area contributed by atoms with Crippen molar-refractivity contribution in [2.24, 2.45) is 0 Å². The Labute approximate surface area is 294 Å². The summed E-state index contributed by atoms with van der Waals surface area (Å²) in [5, 5.41) is 4.81. The molecule has 10 heteroatoms. The van der Waals surface area contributed by atoms with Crippen LogP contribution in [0, 0.1) is 23.3 Å². The molecule has 0 atom stereocenters. The van der Waals surface area contributed by atoms with Crippen molar-refractivity contribution in [2.45, 2.75) is 0 Å². The Morgan fingerprint density at radius 1 is 0.250 bits per heavy atom. The predicted molar refractivity (Wildman–Crippen MR) is 203 cm³/mol. The Morgan fingerprint density at radius 2 is 0.562 bits per heavy atom. The summed E-state index contributed by atoms with van der Waals surface area (Å²) in [6.45, 7) is 0. The highest BCUT2D eigenvalue weighted by Gasteiger charge is 2.16.